The molecule has 0 bridgehead atoms. The van der Waals surface area contributed by atoms with Gasteiger partial charge in [-0.25, -0.2) is 4.79 Å². The largest absolute Gasteiger partial charge is 0.365 e. The highest BCUT2D eigenvalue weighted by Crippen LogP contribution is 2.23. The maximum absolute atomic E-state index is 11.8. The SMILES string of the molecule is CC(C)(C=C=C1CCCCC1)/C=N/OC(=O)c1ccccc1. The van der Waals surface area contributed by atoms with E-state index in [4.69, 9.17) is 4.84 Å². The van der Waals surface area contributed by atoms with E-state index in [0.717, 1.165) is 12.8 Å². The van der Waals surface area contributed by atoms with Crippen LogP contribution in [-0.4, -0.2) is 12.2 Å². The van der Waals surface area contributed by atoms with E-state index in [9.17, 15) is 4.79 Å². The molecule has 1 aliphatic rings. The quantitative estimate of drug-likeness (QED) is 0.343. The Morgan fingerprint density at radius 2 is 1.86 bits per heavy atom. The van der Waals surface area contributed by atoms with Crippen molar-refractivity contribution in [3.05, 3.63) is 53.3 Å². The zero-order valence-electron chi connectivity index (χ0n) is 13.3. The van der Waals surface area contributed by atoms with Crippen LogP contribution in [0.2, 0.25) is 0 Å². The van der Waals surface area contributed by atoms with Crippen LogP contribution < -0.4 is 0 Å². The molecule has 116 valence electrons. The number of nitrogens with zero attached hydrogens (tertiary/aromatic N) is 1. The predicted molar refractivity (Wildman–Crippen MR) is 88.8 cm³/mol. The molecule has 0 aliphatic heterocycles. The molecule has 0 heterocycles. The summed E-state index contributed by atoms with van der Waals surface area (Å²) in [6.45, 7) is 4.03. The Morgan fingerprint density at radius 1 is 1.18 bits per heavy atom. The number of hydrogen-bond donors (Lipinski definition) is 0. The molecule has 3 heteroatoms. The van der Waals surface area contributed by atoms with Gasteiger partial charge in [-0.15, -0.1) is 5.73 Å². The molecule has 1 saturated carbocycles. The highest BCUT2D eigenvalue weighted by Gasteiger charge is 2.12. The summed E-state index contributed by atoms with van der Waals surface area (Å²) in [5, 5.41) is 3.83. The third-order valence-electron chi connectivity index (χ3n) is 3.64. The molecule has 0 spiro atoms. The third kappa shape index (κ3) is 5.34. The number of rotatable bonds is 4. The molecule has 0 unspecified atom stereocenters. The predicted octanol–water partition coefficient (Wildman–Crippen LogP) is 4.90. The molecule has 22 heavy (non-hydrogen) atoms. The summed E-state index contributed by atoms with van der Waals surface area (Å²) in [7, 11) is 0. The van der Waals surface area contributed by atoms with Gasteiger partial charge in [0.15, 0.2) is 0 Å². The molecular formula is C19H23NO2. The number of allylic oxidation sites excluding steroid dienone is 1. The van der Waals surface area contributed by atoms with Crippen molar-refractivity contribution in [2.45, 2.75) is 46.0 Å². The number of carbonyl (C=O) groups is 1. The summed E-state index contributed by atoms with van der Waals surface area (Å²) in [5.74, 6) is -0.442. The zero-order valence-corrected chi connectivity index (χ0v) is 13.3. The Morgan fingerprint density at radius 3 is 2.55 bits per heavy atom. The molecule has 1 fully saturated rings. The second-order valence-electron chi connectivity index (χ2n) is 6.25. The van der Waals surface area contributed by atoms with Gasteiger partial charge in [-0.1, -0.05) is 43.6 Å². The Bertz CT molecular complexity index is 585. The summed E-state index contributed by atoms with van der Waals surface area (Å²) in [4.78, 5) is 16.7. The molecule has 3 nitrogen and oxygen atoms in total. The van der Waals surface area contributed by atoms with Gasteiger partial charge in [0, 0.05) is 5.41 Å². The molecule has 2 rings (SSSR count). The molecule has 0 aromatic heterocycles. The number of oxime groups is 1. The van der Waals surface area contributed by atoms with Gasteiger partial charge in [-0.3, -0.25) is 0 Å². The van der Waals surface area contributed by atoms with Gasteiger partial charge in [-0.05, 0) is 49.5 Å². The topological polar surface area (TPSA) is 38.7 Å². The van der Waals surface area contributed by atoms with Gasteiger partial charge in [0.1, 0.15) is 0 Å². The lowest BCUT2D eigenvalue weighted by atomic mass is 9.92. The Labute approximate surface area is 132 Å². The first-order chi connectivity index (χ1) is 10.6. The van der Waals surface area contributed by atoms with Gasteiger partial charge in [0.25, 0.3) is 0 Å². The second kappa shape index (κ2) is 7.77. The monoisotopic (exact) mass is 297 g/mol. The van der Waals surface area contributed by atoms with Gasteiger partial charge >= 0.3 is 5.97 Å². The Balaban J connectivity index is 1.93. The van der Waals surface area contributed by atoms with E-state index in [2.05, 4.69) is 10.9 Å². The smallest absolute Gasteiger partial charge is 0.313 e. The van der Waals surface area contributed by atoms with E-state index >= 15 is 0 Å². The van der Waals surface area contributed by atoms with Crippen molar-refractivity contribution in [1.29, 1.82) is 0 Å². The minimum absolute atomic E-state index is 0.290. The van der Waals surface area contributed by atoms with Gasteiger partial charge in [0.05, 0.1) is 11.8 Å². The van der Waals surface area contributed by atoms with Gasteiger partial charge in [0.2, 0.25) is 0 Å². The van der Waals surface area contributed by atoms with Crippen molar-refractivity contribution >= 4 is 12.2 Å². The zero-order chi connectivity index (χ0) is 15.8. The van der Waals surface area contributed by atoms with Crippen LogP contribution in [0.5, 0.6) is 0 Å². The fourth-order valence-electron chi connectivity index (χ4n) is 2.29. The van der Waals surface area contributed by atoms with Crippen LogP contribution >= 0.6 is 0 Å². The standard InChI is InChI=1S/C19H23NO2/c1-19(2,14-13-16-9-5-3-6-10-16)15-20-22-18(21)17-11-7-4-8-12-17/h4,7-8,11-12,14-15H,3,5-6,9-10H2,1-2H3/b20-15+. The molecule has 1 aromatic rings. The van der Waals surface area contributed by atoms with E-state index in [1.165, 1.54) is 24.8 Å². The molecule has 0 N–H and O–H groups in total. The van der Waals surface area contributed by atoms with Crippen molar-refractivity contribution in [2.24, 2.45) is 10.6 Å². The molecule has 0 radical (unpaired) electrons. The van der Waals surface area contributed by atoms with Crippen LogP contribution in [0.4, 0.5) is 0 Å². The van der Waals surface area contributed by atoms with E-state index in [-0.39, 0.29) is 5.41 Å². The highest BCUT2D eigenvalue weighted by atomic mass is 16.7. The molecule has 0 atom stereocenters. The van der Waals surface area contributed by atoms with Gasteiger partial charge in [-0.2, -0.15) is 0 Å². The maximum Gasteiger partial charge on any atom is 0.365 e. The van der Waals surface area contributed by atoms with Crippen LogP contribution in [-0.2, 0) is 4.84 Å². The Kier molecular flexibility index (Phi) is 5.74. The lowest BCUT2D eigenvalue weighted by molar-refractivity contribution is 0.0516. The average molecular weight is 297 g/mol. The number of hydrogen-bond acceptors (Lipinski definition) is 3. The van der Waals surface area contributed by atoms with Crippen LogP contribution in [0.1, 0.15) is 56.3 Å². The fourth-order valence-corrected chi connectivity index (χ4v) is 2.29. The van der Waals surface area contributed by atoms with E-state index < -0.39 is 5.97 Å². The Hall–Kier alpha value is -2.12. The molecule has 1 aromatic carbocycles. The summed E-state index contributed by atoms with van der Waals surface area (Å²) in [6.07, 6.45) is 9.79. The lowest BCUT2D eigenvalue weighted by Gasteiger charge is -2.13. The summed E-state index contributed by atoms with van der Waals surface area (Å²) in [6, 6.07) is 8.85. The van der Waals surface area contributed by atoms with Crippen LogP contribution in [0, 0.1) is 5.41 Å². The summed E-state index contributed by atoms with van der Waals surface area (Å²) in [5.41, 5.74) is 4.98. The van der Waals surface area contributed by atoms with Crippen molar-refractivity contribution in [3.8, 4) is 0 Å². The van der Waals surface area contributed by atoms with E-state index in [1.807, 2.05) is 26.0 Å². The second-order valence-corrected chi connectivity index (χ2v) is 6.25. The van der Waals surface area contributed by atoms with Crippen molar-refractivity contribution < 1.29 is 9.63 Å². The third-order valence-corrected chi connectivity index (χ3v) is 3.64. The van der Waals surface area contributed by atoms with Crippen LogP contribution in [0.3, 0.4) is 0 Å². The first kappa shape index (κ1) is 16.3. The normalized spacial score (nSPS) is 15.5. The molecular weight excluding hydrogens is 274 g/mol. The first-order valence-corrected chi connectivity index (χ1v) is 7.83. The first-order valence-electron chi connectivity index (χ1n) is 7.83. The van der Waals surface area contributed by atoms with Crippen molar-refractivity contribution in [3.63, 3.8) is 0 Å². The fraction of sp³-hybridized carbons (Fsp3) is 0.421. The highest BCUT2D eigenvalue weighted by molar-refractivity contribution is 5.89. The van der Waals surface area contributed by atoms with Crippen LogP contribution in [0.25, 0.3) is 0 Å². The van der Waals surface area contributed by atoms with Crippen LogP contribution in [0.15, 0.2) is 52.9 Å². The maximum atomic E-state index is 11.8. The molecule has 1 aliphatic carbocycles. The summed E-state index contributed by atoms with van der Waals surface area (Å²) < 4.78 is 0. The van der Waals surface area contributed by atoms with E-state index in [1.54, 1.807) is 30.5 Å². The lowest BCUT2D eigenvalue weighted by Crippen LogP contribution is -2.10. The minimum atomic E-state index is -0.442. The number of carbonyl (C=O) groups excluding carboxylic acids is 1. The summed E-state index contributed by atoms with van der Waals surface area (Å²) >= 11 is 0. The average Bonchev–Trinajstić information content (AvgIpc) is 2.55. The number of benzene rings is 1. The van der Waals surface area contributed by atoms with Crippen molar-refractivity contribution in [1.82, 2.24) is 0 Å². The van der Waals surface area contributed by atoms with Gasteiger partial charge < -0.3 is 4.84 Å². The molecule has 0 saturated heterocycles. The molecule has 0 amide bonds. The van der Waals surface area contributed by atoms with E-state index in [0.29, 0.717) is 5.56 Å². The van der Waals surface area contributed by atoms with Crippen molar-refractivity contribution in [2.75, 3.05) is 0 Å². The minimum Gasteiger partial charge on any atom is -0.313 e.